The topological polar surface area (TPSA) is 52.6 Å². The van der Waals surface area contributed by atoms with Crippen molar-refractivity contribution in [2.75, 3.05) is 7.11 Å². The minimum atomic E-state index is -3.08. The summed E-state index contributed by atoms with van der Waals surface area (Å²) in [6.07, 6.45) is 0.475. The molecule has 17 heavy (non-hydrogen) atoms. The highest BCUT2D eigenvalue weighted by atomic mass is 79.9. The van der Waals surface area contributed by atoms with E-state index in [4.69, 9.17) is 0 Å². The average Bonchev–Trinajstić information content (AvgIpc) is 2.27. The number of alkyl halides is 2. The average molecular weight is 309 g/mol. The van der Waals surface area contributed by atoms with Crippen LogP contribution in [0.4, 0.5) is 8.78 Å². The molecule has 0 bridgehead atoms. The van der Waals surface area contributed by atoms with Crippen LogP contribution in [0.2, 0.25) is 0 Å². The van der Waals surface area contributed by atoms with Crippen molar-refractivity contribution in [3.8, 4) is 5.75 Å². The summed E-state index contributed by atoms with van der Waals surface area (Å²) in [4.78, 5) is 22.0. The molecule has 0 N–H and O–H groups in total. The molecule has 0 spiro atoms. The normalized spacial score (nSPS) is 10.2. The Labute approximate surface area is 104 Å². The van der Waals surface area contributed by atoms with Crippen LogP contribution in [0.5, 0.6) is 5.75 Å². The number of halogens is 3. The summed E-state index contributed by atoms with van der Waals surface area (Å²) in [6, 6.07) is 2.22. The van der Waals surface area contributed by atoms with Crippen LogP contribution in [0, 0.1) is 0 Å². The molecule has 0 fully saturated rings. The quantitative estimate of drug-likeness (QED) is 0.634. The molecule has 0 saturated carbocycles. The van der Waals surface area contributed by atoms with Crippen molar-refractivity contribution in [1.29, 1.82) is 0 Å². The Morgan fingerprint density at radius 2 is 2.12 bits per heavy atom. The van der Waals surface area contributed by atoms with Crippen LogP contribution in [0.3, 0.4) is 0 Å². The van der Waals surface area contributed by atoms with Crippen molar-refractivity contribution >= 4 is 28.2 Å². The van der Waals surface area contributed by atoms with Gasteiger partial charge in [-0.05, 0) is 28.1 Å². The van der Waals surface area contributed by atoms with E-state index in [-0.39, 0.29) is 21.3 Å². The molecule has 0 aliphatic heterocycles. The maximum atomic E-state index is 12.1. The maximum Gasteiger partial charge on any atom is 0.387 e. The molecule has 1 rings (SSSR count). The van der Waals surface area contributed by atoms with Crippen LogP contribution in [0.15, 0.2) is 16.6 Å². The Morgan fingerprint density at radius 3 is 2.59 bits per heavy atom. The second kappa shape index (κ2) is 5.72. The van der Waals surface area contributed by atoms with E-state index in [1.807, 2.05) is 0 Å². The van der Waals surface area contributed by atoms with Gasteiger partial charge in [0.25, 0.3) is 0 Å². The van der Waals surface area contributed by atoms with Crippen molar-refractivity contribution < 1.29 is 27.8 Å². The second-order valence-corrected chi connectivity index (χ2v) is 3.71. The number of ether oxygens (including phenoxy) is 2. The first kappa shape index (κ1) is 13.6. The van der Waals surface area contributed by atoms with Gasteiger partial charge in [0.2, 0.25) is 0 Å². The molecule has 0 atom stereocenters. The summed E-state index contributed by atoms with van der Waals surface area (Å²) >= 11 is 2.99. The zero-order valence-corrected chi connectivity index (χ0v) is 10.2. The Kier molecular flexibility index (Phi) is 4.56. The summed E-state index contributed by atoms with van der Waals surface area (Å²) in [5.74, 6) is -1.22. The van der Waals surface area contributed by atoms with Crippen LogP contribution >= 0.6 is 15.9 Å². The van der Waals surface area contributed by atoms with Crippen LogP contribution < -0.4 is 4.74 Å². The Balaban J connectivity index is 3.30. The lowest BCUT2D eigenvalue weighted by molar-refractivity contribution is -0.0504. The predicted octanol–water partition coefficient (Wildman–Crippen LogP) is 2.65. The predicted molar refractivity (Wildman–Crippen MR) is 57.5 cm³/mol. The Morgan fingerprint density at radius 1 is 1.47 bits per heavy atom. The van der Waals surface area contributed by atoms with E-state index >= 15 is 0 Å². The molecule has 0 heterocycles. The van der Waals surface area contributed by atoms with E-state index in [0.29, 0.717) is 6.29 Å². The Bertz CT molecular complexity index is 448. The van der Waals surface area contributed by atoms with E-state index in [0.717, 1.165) is 19.2 Å². The van der Waals surface area contributed by atoms with Crippen LogP contribution in [0.1, 0.15) is 20.7 Å². The molecule has 1 aromatic rings. The molecular formula is C10H7BrF2O4. The van der Waals surface area contributed by atoms with E-state index in [2.05, 4.69) is 25.4 Å². The fourth-order valence-corrected chi connectivity index (χ4v) is 1.54. The lowest BCUT2D eigenvalue weighted by atomic mass is 10.1. The number of carbonyl (C=O) groups excluding carboxylic acids is 2. The molecule has 0 saturated heterocycles. The van der Waals surface area contributed by atoms with Crippen molar-refractivity contribution in [1.82, 2.24) is 0 Å². The lowest BCUT2D eigenvalue weighted by Gasteiger charge is -2.10. The van der Waals surface area contributed by atoms with Gasteiger partial charge in [0.05, 0.1) is 7.11 Å². The summed E-state index contributed by atoms with van der Waals surface area (Å²) in [5, 5.41) is 0. The van der Waals surface area contributed by atoms with Crippen molar-refractivity contribution in [3.05, 3.63) is 27.7 Å². The van der Waals surface area contributed by atoms with Gasteiger partial charge in [-0.1, -0.05) is 0 Å². The zero-order chi connectivity index (χ0) is 13.0. The number of aldehydes is 1. The molecule has 0 aliphatic rings. The van der Waals surface area contributed by atoms with Crippen LogP contribution in [-0.2, 0) is 4.74 Å². The van der Waals surface area contributed by atoms with Gasteiger partial charge in [-0.3, -0.25) is 4.79 Å². The molecule has 0 amide bonds. The molecule has 0 aliphatic carbocycles. The number of esters is 1. The SMILES string of the molecule is COC(=O)c1cc(C=O)c(Br)cc1OC(F)F. The van der Waals surface area contributed by atoms with Gasteiger partial charge in [0.15, 0.2) is 6.29 Å². The highest BCUT2D eigenvalue weighted by Crippen LogP contribution is 2.28. The molecule has 4 nitrogen and oxygen atoms in total. The van der Waals surface area contributed by atoms with E-state index in [1.54, 1.807) is 0 Å². The molecular weight excluding hydrogens is 302 g/mol. The molecule has 7 heteroatoms. The first-order valence-corrected chi connectivity index (χ1v) is 5.10. The first-order chi connectivity index (χ1) is 7.99. The summed E-state index contributed by atoms with van der Waals surface area (Å²) in [6.45, 7) is -3.08. The third-order valence-corrected chi connectivity index (χ3v) is 2.53. The number of methoxy groups -OCH3 is 1. The zero-order valence-electron chi connectivity index (χ0n) is 8.58. The summed E-state index contributed by atoms with van der Waals surface area (Å²) in [5.41, 5.74) is -0.106. The number of rotatable bonds is 4. The Hall–Kier alpha value is -1.50. The van der Waals surface area contributed by atoms with E-state index in [1.165, 1.54) is 0 Å². The van der Waals surface area contributed by atoms with Crippen molar-refractivity contribution in [2.24, 2.45) is 0 Å². The highest BCUT2D eigenvalue weighted by molar-refractivity contribution is 9.10. The number of carbonyl (C=O) groups is 2. The van der Waals surface area contributed by atoms with Crippen LogP contribution in [-0.4, -0.2) is 26.0 Å². The molecule has 92 valence electrons. The fourth-order valence-electron chi connectivity index (χ4n) is 1.13. The van der Waals surface area contributed by atoms with Crippen molar-refractivity contribution in [2.45, 2.75) is 6.61 Å². The van der Waals surface area contributed by atoms with Crippen molar-refractivity contribution in [3.63, 3.8) is 0 Å². The van der Waals surface area contributed by atoms with Crippen LogP contribution in [0.25, 0.3) is 0 Å². The smallest absolute Gasteiger partial charge is 0.387 e. The number of hydrogen-bond acceptors (Lipinski definition) is 4. The van der Waals surface area contributed by atoms with Gasteiger partial charge in [-0.15, -0.1) is 0 Å². The fraction of sp³-hybridized carbons (Fsp3) is 0.200. The van der Waals surface area contributed by atoms with Gasteiger partial charge in [-0.25, -0.2) is 4.79 Å². The van der Waals surface area contributed by atoms with Gasteiger partial charge in [0.1, 0.15) is 11.3 Å². The maximum absolute atomic E-state index is 12.1. The second-order valence-electron chi connectivity index (χ2n) is 2.86. The standard InChI is InChI=1S/C10H7BrF2O4/c1-16-9(15)6-2-5(4-14)7(11)3-8(6)17-10(12)13/h2-4,10H,1H3. The van der Waals surface area contributed by atoms with Gasteiger partial charge in [0, 0.05) is 10.0 Å². The molecule has 1 aromatic carbocycles. The minimum absolute atomic E-state index is 0.131. The van der Waals surface area contributed by atoms with E-state index in [9.17, 15) is 18.4 Å². The number of benzene rings is 1. The minimum Gasteiger partial charge on any atom is -0.465 e. The largest absolute Gasteiger partial charge is 0.465 e. The molecule has 0 aromatic heterocycles. The monoisotopic (exact) mass is 308 g/mol. The number of hydrogen-bond donors (Lipinski definition) is 0. The van der Waals surface area contributed by atoms with Gasteiger partial charge < -0.3 is 9.47 Å². The third-order valence-electron chi connectivity index (χ3n) is 1.85. The first-order valence-electron chi connectivity index (χ1n) is 4.31. The lowest BCUT2D eigenvalue weighted by Crippen LogP contribution is -2.10. The van der Waals surface area contributed by atoms with E-state index < -0.39 is 12.6 Å². The third kappa shape index (κ3) is 3.23. The molecule has 0 radical (unpaired) electrons. The van der Waals surface area contributed by atoms with Gasteiger partial charge in [-0.2, -0.15) is 8.78 Å². The molecule has 0 unspecified atom stereocenters. The summed E-state index contributed by atoms with van der Waals surface area (Å²) in [7, 11) is 1.09. The van der Waals surface area contributed by atoms with Gasteiger partial charge >= 0.3 is 12.6 Å². The summed E-state index contributed by atoms with van der Waals surface area (Å²) < 4.78 is 33.1. The highest BCUT2D eigenvalue weighted by Gasteiger charge is 2.19.